The van der Waals surface area contributed by atoms with E-state index in [1.54, 1.807) is 0 Å². The predicted molar refractivity (Wildman–Crippen MR) is 83.6 cm³/mol. The summed E-state index contributed by atoms with van der Waals surface area (Å²) >= 11 is 0. The largest absolute Gasteiger partial charge is 0.398 e. The van der Waals surface area contributed by atoms with E-state index in [1.807, 2.05) is 29.8 Å². The Morgan fingerprint density at radius 3 is 2.86 bits per heavy atom. The van der Waals surface area contributed by atoms with Gasteiger partial charge >= 0.3 is 0 Å². The Kier molecular flexibility index (Phi) is 4.18. The molecule has 0 atom stereocenters. The fourth-order valence-electron chi connectivity index (χ4n) is 3.20. The summed E-state index contributed by atoms with van der Waals surface area (Å²) in [4.78, 5) is 0. The van der Waals surface area contributed by atoms with Crippen LogP contribution in [0, 0.1) is 12.8 Å². The molecule has 0 unspecified atom stereocenters. The number of aromatic nitrogens is 4. The number of nitrogens with zero attached hydrogens (tertiary/aromatic N) is 4. The van der Waals surface area contributed by atoms with Crippen molar-refractivity contribution < 1.29 is 0 Å². The molecule has 2 N–H and O–H groups in total. The minimum absolute atomic E-state index is 0.770. The summed E-state index contributed by atoms with van der Waals surface area (Å²) in [6, 6.07) is 6.00. The van der Waals surface area contributed by atoms with Gasteiger partial charge in [-0.1, -0.05) is 44.2 Å². The Morgan fingerprint density at radius 2 is 2.05 bits per heavy atom. The lowest BCUT2D eigenvalue weighted by Crippen LogP contribution is -2.12. The van der Waals surface area contributed by atoms with Crippen LogP contribution in [-0.2, 0) is 6.54 Å². The average molecular weight is 285 g/mol. The standard InChI is InChI=1S/C16H23N5/c1-12-6-5-9-14(15(12)17)16-18-19-20-21(16)11-10-13-7-3-2-4-8-13/h5-6,9,13H,2-4,7-8,10-11,17H2,1H3. The minimum atomic E-state index is 0.770. The van der Waals surface area contributed by atoms with E-state index in [9.17, 15) is 0 Å². The molecule has 1 aliphatic carbocycles. The van der Waals surface area contributed by atoms with Gasteiger partial charge in [0.2, 0.25) is 0 Å². The molecule has 0 radical (unpaired) electrons. The third-order valence-corrected chi connectivity index (χ3v) is 4.57. The van der Waals surface area contributed by atoms with Gasteiger partial charge in [0, 0.05) is 17.8 Å². The lowest BCUT2D eigenvalue weighted by atomic mass is 9.87. The van der Waals surface area contributed by atoms with Crippen LogP contribution in [0.25, 0.3) is 11.4 Å². The smallest absolute Gasteiger partial charge is 0.184 e. The number of hydrogen-bond acceptors (Lipinski definition) is 4. The molecular weight excluding hydrogens is 262 g/mol. The molecule has 0 aliphatic heterocycles. The highest BCUT2D eigenvalue weighted by Crippen LogP contribution is 2.29. The first-order valence-electron chi connectivity index (χ1n) is 7.87. The molecule has 112 valence electrons. The van der Waals surface area contributed by atoms with Crippen LogP contribution in [0.3, 0.4) is 0 Å². The Morgan fingerprint density at radius 1 is 1.24 bits per heavy atom. The highest BCUT2D eigenvalue weighted by Gasteiger charge is 2.16. The number of tetrazole rings is 1. The Bertz CT molecular complexity index is 598. The molecule has 2 aromatic rings. The molecule has 0 spiro atoms. The van der Waals surface area contributed by atoms with Crippen molar-refractivity contribution in [3.63, 3.8) is 0 Å². The minimum Gasteiger partial charge on any atom is -0.398 e. The molecule has 3 rings (SSSR count). The number of rotatable bonds is 4. The van der Waals surface area contributed by atoms with Crippen molar-refractivity contribution >= 4 is 5.69 Å². The molecule has 1 saturated carbocycles. The van der Waals surface area contributed by atoms with Gasteiger partial charge in [0.1, 0.15) is 0 Å². The maximum Gasteiger partial charge on any atom is 0.184 e. The van der Waals surface area contributed by atoms with Gasteiger partial charge in [-0.3, -0.25) is 0 Å². The van der Waals surface area contributed by atoms with Crippen molar-refractivity contribution in [1.82, 2.24) is 20.2 Å². The van der Waals surface area contributed by atoms with E-state index >= 15 is 0 Å². The molecule has 0 saturated heterocycles. The number of benzene rings is 1. The zero-order chi connectivity index (χ0) is 14.7. The molecule has 1 aliphatic rings. The van der Waals surface area contributed by atoms with Gasteiger partial charge in [-0.25, -0.2) is 4.68 Å². The monoisotopic (exact) mass is 285 g/mol. The van der Waals surface area contributed by atoms with Crippen LogP contribution in [0.1, 0.15) is 44.1 Å². The van der Waals surface area contributed by atoms with Gasteiger partial charge in [-0.15, -0.1) is 5.10 Å². The summed E-state index contributed by atoms with van der Waals surface area (Å²) in [5.41, 5.74) is 8.94. The normalized spacial score (nSPS) is 16.2. The van der Waals surface area contributed by atoms with Crippen molar-refractivity contribution in [3.8, 4) is 11.4 Å². The van der Waals surface area contributed by atoms with E-state index in [1.165, 1.54) is 32.1 Å². The molecule has 21 heavy (non-hydrogen) atoms. The third-order valence-electron chi connectivity index (χ3n) is 4.57. The molecule has 1 fully saturated rings. The first kappa shape index (κ1) is 14.0. The summed E-state index contributed by atoms with van der Waals surface area (Å²) in [6.07, 6.45) is 8.00. The third kappa shape index (κ3) is 3.06. The van der Waals surface area contributed by atoms with Crippen LogP contribution in [0.2, 0.25) is 0 Å². The lowest BCUT2D eigenvalue weighted by molar-refractivity contribution is 0.318. The van der Waals surface area contributed by atoms with Crippen molar-refractivity contribution in [2.24, 2.45) is 5.92 Å². The van der Waals surface area contributed by atoms with E-state index < -0.39 is 0 Å². The summed E-state index contributed by atoms with van der Waals surface area (Å²) in [5, 5.41) is 12.2. The summed E-state index contributed by atoms with van der Waals surface area (Å²) in [5.74, 6) is 1.61. The Hall–Kier alpha value is -1.91. The van der Waals surface area contributed by atoms with Crippen LogP contribution in [0.15, 0.2) is 18.2 Å². The zero-order valence-corrected chi connectivity index (χ0v) is 12.6. The first-order valence-corrected chi connectivity index (χ1v) is 7.87. The number of para-hydroxylation sites is 1. The van der Waals surface area contributed by atoms with Crippen LogP contribution < -0.4 is 5.73 Å². The van der Waals surface area contributed by atoms with Crippen molar-refractivity contribution in [2.45, 2.75) is 52.0 Å². The number of anilines is 1. The quantitative estimate of drug-likeness (QED) is 0.876. The summed E-state index contributed by atoms with van der Waals surface area (Å²) < 4.78 is 1.90. The second-order valence-electron chi connectivity index (χ2n) is 6.05. The topological polar surface area (TPSA) is 69.6 Å². The fraction of sp³-hybridized carbons (Fsp3) is 0.562. The lowest BCUT2D eigenvalue weighted by Gasteiger charge is -2.21. The van der Waals surface area contributed by atoms with E-state index in [-0.39, 0.29) is 0 Å². The van der Waals surface area contributed by atoms with Gasteiger partial charge in [0.15, 0.2) is 5.82 Å². The van der Waals surface area contributed by atoms with Crippen molar-refractivity contribution in [3.05, 3.63) is 23.8 Å². The maximum atomic E-state index is 6.17. The van der Waals surface area contributed by atoms with Gasteiger partial charge in [-0.05, 0) is 41.3 Å². The van der Waals surface area contributed by atoms with Gasteiger partial charge in [-0.2, -0.15) is 0 Å². The molecule has 1 heterocycles. The van der Waals surface area contributed by atoms with Gasteiger partial charge in [0.25, 0.3) is 0 Å². The molecule has 5 nitrogen and oxygen atoms in total. The summed E-state index contributed by atoms with van der Waals surface area (Å²) in [7, 11) is 0. The molecule has 0 amide bonds. The van der Waals surface area contributed by atoms with E-state index in [2.05, 4.69) is 15.5 Å². The SMILES string of the molecule is Cc1cccc(-c2nnnn2CCC2CCCCC2)c1N. The van der Waals surface area contributed by atoms with E-state index in [4.69, 9.17) is 5.73 Å². The number of hydrogen-bond donors (Lipinski definition) is 1. The molecular formula is C16H23N5. The highest BCUT2D eigenvalue weighted by atomic mass is 15.5. The molecule has 0 bridgehead atoms. The predicted octanol–water partition coefficient (Wildman–Crippen LogP) is 3.20. The summed E-state index contributed by atoms with van der Waals surface area (Å²) in [6.45, 7) is 2.88. The van der Waals surface area contributed by atoms with Crippen LogP contribution in [-0.4, -0.2) is 20.2 Å². The van der Waals surface area contributed by atoms with Crippen molar-refractivity contribution in [1.29, 1.82) is 0 Å². The Labute approximate surface area is 125 Å². The van der Waals surface area contributed by atoms with E-state index in [0.29, 0.717) is 0 Å². The van der Waals surface area contributed by atoms with Gasteiger partial charge < -0.3 is 5.73 Å². The Balaban J connectivity index is 1.76. The van der Waals surface area contributed by atoms with Gasteiger partial charge in [0.05, 0.1) is 0 Å². The number of nitrogen functional groups attached to an aromatic ring is 1. The van der Waals surface area contributed by atoms with E-state index in [0.717, 1.165) is 41.5 Å². The first-order chi connectivity index (χ1) is 10.3. The van der Waals surface area contributed by atoms with Crippen LogP contribution in [0.5, 0.6) is 0 Å². The number of aryl methyl sites for hydroxylation is 2. The molecule has 1 aromatic heterocycles. The number of nitrogens with two attached hydrogens (primary N) is 1. The second-order valence-corrected chi connectivity index (χ2v) is 6.05. The highest BCUT2D eigenvalue weighted by molar-refractivity contribution is 5.73. The van der Waals surface area contributed by atoms with Crippen LogP contribution >= 0.6 is 0 Å². The molecule has 1 aromatic carbocycles. The van der Waals surface area contributed by atoms with Crippen molar-refractivity contribution in [2.75, 3.05) is 5.73 Å². The maximum absolute atomic E-state index is 6.17. The second kappa shape index (κ2) is 6.24. The average Bonchev–Trinajstić information content (AvgIpc) is 2.97. The molecule has 5 heteroatoms. The zero-order valence-electron chi connectivity index (χ0n) is 12.6. The van der Waals surface area contributed by atoms with Crippen LogP contribution in [0.4, 0.5) is 5.69 Å². The fourth-order valence-corrected chi connectivity index (χ4v) is 3.20.